The lowest BCUT2D eigenvalue weighted by Gasteiger charge is -2.45. The molecular weight excluding hydrogens is 477 g/mol. The zero-order valence-electron chi connectivity index (χ0n) is 18.6. The van der Waals surface area contributed by atoms with Crippen molar-refractivity contribution in [1.82, 2.24) is 4.98 Å². The Morgan fingerprint density at radius 3 is 2.36 bits per heavy atom. The predicted octanol–water partition coefficient (Wildman–Crippen LogP) is 7.19. The van der Waals surface area contributed by atoms with E-state index in [1.807, 2.05) is 0 Å². The van der Waals surface area contributed by atoms with E-state index in [9.17, 15) is 4.79 Å². The van der Waals surface area contributed by atoms with Crippen molar-refractivity contribution in [3.05, 3.63) is 26.1 Å². The second kappa shape index (κ2) is 7.77. The number of pyridine rings is 1. The van der Waals surface area contributed by atoms with Crippen LogP contribution >= 0.6 is 22.6 Å². The summed E-state index contributed by atoms with van der Waals surface area (Å²) in [6.45, 7) is 15.9. The molecule has 28 heavy (non-hydrogen) atoms. The number of carbonyl (C=O) groups excluding carboxylic acids is 1. The number of carbonyl (C=O) groups is 1. The van der Waals surface area contributed by atoms with Gasteiger partial charge >= 0.3 is 0 Å². The van der Waals surface area contributed by atoms with Crippen molar-refractivity contribution in [3.63, 3.8) is 0 Å². The molecule has 1 atom stereocenters. The van der Waals surface area contributed by atoms with Gasteiger partial charge in [0.25, 0.3) is 0 Å². The van der Waals surface area contributed by atoms with Crippen LogP contribution in [-0.2, 0) is 10.8 Å². The number of fused-ring (bicyclic) bond motifs is 1. The first-order valence-corrected chi connectivity index (χ1v) is 14.7. The smallest absolute Gasteiger partial charge is 0.192 e. The minimum Gasteiger partial charge on any atom is -0.410 e. The van der Waals surface area contributed by atoms with E-state index >= 15 is 0 Å². The minimum absolute atomic E-state index is 0.0713. The van der Waals surface area contributed by atoms with E-state index in [1.54, 1.807) is 0 Å². The summed E-state index contributed by atoms with van der Waals surface area (Å²) in [5, 5.41) is 0.164. The monoisotopic (exact) mass is 513 g/mol. The van der Waals surface area contributed by atoms with Crippen LogP contribution in [0.25, 0.3) is 0 Å². The van der Waals surface area contributed by atoms with Crippen LogP contribution in [0.5, 0.6) is 0 Å². The highest BCUT2D eigenvalue weighted by Gasteiger charge is 2.47. The summed E-state index contributed by atoms with van der Waals surface area (Å²) in [5.41, 5.74) is 4.50. The molecule has 0 unspecified atom stereocenters. The average molecular weight is 514 g/mol. The van der Waals surface area contributed by atoms with E-state index in [-0.39, 0.29) is 17.1 Å². The Balaban J connectivity index is 2.15. The lowest BCUT2D eigenvalue weighted by atomic mass is 9.70. The molecule has 0 aromatic carbocycles. The van der Waals surface area contributed by atoms with Crippen LogP contribution in [0.15, 0.2) is 0 Å². The Hall–Kier alpha value is -0.273. The molecule has 1 saturated carbocycles. The van der Waals surface area contributed by atoms with Gasteiger partial charge in [-0.2, -0.15) is 0 Å². The van der Waals surface area contributed by atoms with Crippen molar-refractivity contribution in [3.8, 4) is 0 Å². The van der Waals surface area contributed by atoms with Crippen LogP contribution < -0.4 is 0 Å². The van der Waals surface area contributed by atoms with Crippen molar-refractivity contribution < 1.29 is 9.22 Å². The normalized spacial score (nSPS) is 22.0. The molecule has 0 bridgehead atoms. The topological polar surface area (TPSA) is 39.2 Å². The van der Waals surface area contributed by atoms with Crippen molar-refractivity contribution in [2.45, 2.75) is 103 Å². The molecule has 0 N–H and O–H groups in total. The molecule has 0 aliphatic heterocycles. The molecular formula is C23H36INO2Si. The highest BCUT2D eigenvalue weighted by Crippen LogP contribution is 2.54. The Labute approximate surface area is 185 Å². The van der Waals surface area contributed by atoms with Gasteiger partial charge in [0.15, 0.2) is 14.6 Å². The van der Waals surface area contributed by atoms with Gasteiger partial charge in [-0.05, 0) is 77.7 Å². The van der Waals surface area contributed by atoms with Gasteiger partial charge in [-0.3, -0.25) is 9.78 Å². The number of aldehydes is 1. The summed E-state index contributed by atoms with van der Waals surface area (Å²) in [6, 6.07) is 0. The first kappa shape index (κ1) is 22.4. The molecule has 2 aliphatic rings. The third kappa shape index (κ3) is 4.00. The number of hydrogen-bond donors (Lipinski definition) is 0. The number of aromatic nitrogens is 1. The summed E-state index contributed by atoms with van der Waals surface area (Å²) >= 11 is 2.39. The molecule has 3 nitrogen and oxygen atoms in total. The molecule has 1 spiro atoms. The molecule has 1 fully saturated rings. The van der Waals surface area contributed by atoms with Crippen LogP contribution in [0.4, 0.5) is 0 Å². The van der Waals surface area contributed by atoms with Gasteiger partial charge in [-0.25, -0.2) is 0 Å². The Kier molecular flexibility index (Phi) is 6.22. The van der Waals surface area contributed by atoms with E-state index in [0.29, 0.717) is 5.41 Å². The highest BCUT2D eigenvalue weighted by molar-refractivity contribution is 14.1. The molecule has 5 heteroatoms. The number of nitrogens with zero attached hydrogens (tertiary/aromatic N) is 1. The summed E-state index contributed by atoms with van der Waals surface area (Å²) in [5.74, 6) is 0.250. The van der Waals surface area contributed by atoms with Gasteiger partial charge in [0, 0.05) is 20.4 Å². The van der Waals surface area contributed by atoms with Crippen molar-refractivity contribution in [1.29, 1.82) is 0 Å². The Morgan fingerprint density at radius 1 is 1.25 bits per heavy atom. The largest absolute Gasteiger partial charge is 0.410 e. The SMILES string of the molecule is CC(C)c1nc2c(c(I)c1C=O)[C@@H](O[Si](C)(C)C(C)(C)C)CC1(CCCC1)C2. The van der Waals surface area contributed by atoms with E-state index in [4.69, 9.17) is 9.41 Å². The molecule has 3 rings (SSSR count). The maximum atomic E-state index is 12.0. The lowest BCUT2D eigenvalue weighted by molar-refractivity contribution is 0.0884. The standard InChI is InChI=1S/C23H36INO2Si/c1-15(2)21-16(14-26)20(24)19-17(25-21)12-23(10-8-9-11-23)13-18(19)27-28(6,7)22(3,4)5/h14-15,18H,8-13H2,1-7H3/t18-/m0/s1. The number of hydrogen-bond acceptors (Lipinski definition) is 3. The van der Waals surface area contributed by atoms with Crippen LogP contribution in [0.1, 0.15) is 106 Å². The summed E-state index contributed by atoms with van der Waals surface area (Å²) in [7, 11) is -1.93. The van der Waals surface area contributed by atoms with Crippen LogP contribution in [0.2, 0.25) is 18.1 Å². The third-order valence-corrected chi connectivity index (χ3v) is 13.0. The van der Waals surface area contributed by atoms with Gasteiger partial charge in [0.05, 0.1) is 11.8 Å². The molecule has 1 aromatic heterocycles. The van der Waals surface area contributed by atoms with Crippen LogP contribution in [-0.4, -0.2) is 19.6 Å². The van der Waals surface area contributed by atoms with Gasteiger partial charge < -0.3 is 4.43 Å². The maximum absolute atomic E-state index is 12.0. The number of rotatable bonds is 4. The zero-order chi connectivity index (χ0) is 20.9. The van der Waals surface area contributed by atoms with E-state index in [1.165, 1.54) is 36.9 Å². The van der Waals surface area contributed by atoms with Gasteiger partial charge in [-0.15, -0.1) is 0 Å². The molecule has 0 amide bonds. The number of halogens is 1. The summed E-state index contributed by atoms with van der Waals surface area (Å²) in [4.78, 5) is 17.1. The van der Waals surface area contributed by atoms with E-state index < -0.39 is 8.32 Å². The van der Waals surface area contributed by atoms with Gasteiger partial charge in [0.1, 0.15) is 0 Å². The van der Waals surface area contributed by atoms with Gasteiger partial charge in [0.2, 0.25) is 0 Å². The lowest BCUT2D eigenvalue weighted by Crippen LogP contribution is -2.44. The molecule has 1 aromatic rings. The average Bonchev–Trinajstić information content (AvgIpc) is 3.00. The molecule has 0 saturated heterocycles. The first-order chi connectivity index (χ1) is 12.9. The molecule has 156 valence electrons. The van der Waals surface area contributed by atoms with Crippen molar-refractivity contribution >= 4 is 37.2 Å². The fourth-order valence-corrected chi connectivity index (χ4v) is 7.05. The Bertz CT molecular complexity index is 761. The van der Waals surface area contributed by atoms with E-state index in [0.717, 1.165) is 34.0 Å². The predicted molar refractivity (Wildman–Crippen MR) is 127 cm³/mol. The highest BCUT2D eigenvalue weighted by atomic mass is 127. The maximum Gasteiger partial charge on any atom is 0.192 e. The quantitative estimate of drug-likeness (QED) is 0.243. The fourth-order valence-electron chi connectivity index (χ4n) is 4.73. The van der Waals surface area contributed by atoms with Crippen molar-refractivity contribution in [2.24, 2.45) is 5.41 Å². The fraction of sp³-hybridized carbons (Fsp3) is 0.739. The van der Waals surface area contributed by atoms with Gasteiger partial charge in [-0.1, -0.05) is 47.5 Å². The van der Waals surface area contributed by atoms with Crippen molar-refractivity contribution in [2.75, 3.05) is 0 Å². The second-order valence-corrected chi connectivity index (χ2v) is 16.6. The molecule has 2 aliphatic carbocycles. The summed E-state index contributed by atoms with van der Waals surface area (Å²) < 4.78 is 8.10. The second-order valence-electron chi connectivity index (χ2n) is 10.8. The first-order valence-electron chi connectivity index (χ1n) is 10.8. The zero-order valence-corrected chi connectivity index (χ0v) is 21.8. The summed E-state index contributed by atoms with van der Waals surface area (Å²) in [6.07, 6.45) is 8.43. The van der Waals surface area contributed by atoms with E-state index in [2.05, 4.69) is 70.3 Å². The minimum atomic E-state index is -1.93. The van der Waals surface area contributed by atoms with Crippen LogP contribution in [0, 0.1) is 8.99 Å². The molecule has 0 radical (unpaired) electrons. The molecule has 1 heterocycles. The Morgan fingerprint density at radius 2 is 1.86 bits per heavy atom. The van der Waals surface area contributed by atoms with Crippen LogP contribution in [0.3, 0.4) is 0 Å². The third-order valence-electron chi connectivity index (χ3n) is 7.37.